The van der Waals surface area contributed by atoms with E-state index in [0.717, 1.165) is 0 Å². The Morgan fingerprint density at radius 2 is 1.86 bits per heavy atom. The molecule has 0 saturated carbocycles. The molecule has 0 aromatic carbocycles. The Morgan fingerprint density at radius 3 is 2.41 bits per heavy atom. The molecule has 10 nitrogen and oxygen atoms in total. The van der Waals surface area contributed by atoms with Crippen LogP contribution in [0.3, 0.4) is 0 Å². The molecular weight excluding hydrogens is 396 g/mol. The quantitative estimate of drug-likeness (QED) is 0.450. The van der Waals surface area contributed by atoms with Gasteiger partial charge in [0.05, 0.1) is 17.7 Å². The van der Waals surface area contributed by atoms with Gasteiger partial charge < -0.3 is 20.1 Å². The van der Waals surface area contributed by atoms with E-state index in [-0.39, 0.29) is 11.7 Å². The first-order valence-electron chi connectivity index (χ1n) is 9.88. The number of carbonyl (C=O) groups is 1. The van der Waals surface area contributed by atoms with Gasteiger partial charge in [-0.3, -0.25) is 9.79 Å². The van der Waals surface area contributed by atoms with Crippen LogP contribution in [-0.2, 0) is 20.6 Å². The number of hydrogen-bond acceptors (Lipinski definition) is 6. The smallest absolute Gasteiger partial charge is 0.227 e. The summed E-state index contributed by atoms with van der Waals surface area (Å²) in [5.41, 5.74) is -0.227. The summed E-state index contributed by atoms with van der Waals surface area (Å²) in [5, 5.41) is 9.76. The number of aliphatic imine (C=N–C) groups is 1. The third-order valence-corrected chi connectivity index (χ3v) is 6.48. The first-order chi connectivity index (χ1) is 13.7. The molecule has 1 saturated heterocycles. The zero-order valence-corrected chi connectivity index (χ0v) is 18.5. The number of piperazine rings is 1. The summed E-state index contributed by atoms with van der Waals surface area (Å²) in [7, 11) is -3.45. The maximum absolute atomic E-state index is 12.6. The standard InChI is InChI=1S/C18H32N6O4S/c1-5-19-16(25)18(3,4)14-21-17(20-6-2)23-8-10-24(11-9-23)29(26,27)13-15-7-12-28-22-15/h7,12H,5-6,8-11,13-14H2,1-4H3,(H,19,25)(H,20,21). The first-order valence-corrected chi connectivity index (χ1v) is 11.5. The third-order valence-electron chi connectivity index (χ3n) is 4.66. The van der Waals surface area contributed by atoms with Crippen LogP contribution in [0, 0.1) is 5.41 Å². The second kappa shape index (κ2) is 10.1. The molecule has 1 aliphatic heterocycles. The Kier molecular flexibility index (Phi) is 8.03. The zero-order valence-electron chi connectivity index (χ0n) is 17.6. The average molecular weight is 429 g/mol. The number of aromatic nitrogens is 1. The predicted molar refractivity (Wildman–Crippen MR) is 111 cm³/mol. The average Bonchev–Trinajstić information content (AvgIpc) is 3.17. The van der Waals surface area contributed by atoms with Crippen molar-refractivity contribution in [2.75, 3.05) is 45.8 Å². The van der Waals surface area contributed by atoms with Crippen molar-refractivity contribution in [2.24, 2.45) is 10.4 Å². The minimum absolute atomic E-state index is 0.0385. The van der Waals surface area contributed by atoms with E-state index in [0.29, 0.717) is 57.5 Å². The summed E-state index contributed by atoms with van der Waals surface area (Å²) >= 11 is 0. The Bertz CT molecular complexity index is 783. The molecule has 0 aliphatic carbocycles. The van der Waals surface area contributed by atoms with Gasteiger partial charge in [-0.2, -0.15) is 4.31 Å². The fraction of sp³-hybridized carbons (Fsp3) is 0.722. The van der Waals surface area contributed by atoms with Gasteiger partial charge in [-0.05, 0) is 27.7 Å². The fourth-order valence-corrected chi connectivity index (χ4v) is 4.36. The summed E-state index contributed by atoms with van der Waals surface area (Å²) in [6, 6.07) is 1.56. The van der Waals surface area contributed by atoms with Crippen molar-refractivity contribution in [3.63, 3.8) is 0 Å². The monoisotopic (exact) mass is 428 g/mol. The Hall–Kier alpha value is -2.14. The van der Waals surface area contributed by atoms with Crippen LogP contribution >= 0.6 is 0 Å². The van der Waals surface area contributed by atoms with E-state index in [1.807, 2.05) is 32.6 Å². The molecule has 11 heteroatoms. The van der Waals surface area contributed by atoms with Gasteiger partial charge in [-0.15, -0.1) is 0 Å². The molecule has 2 heterocycles. The van der Waals surface area contributed by atoms with Crippen molar-refractivity contribution >= 4 is 21.9 Å². The van der Waals surface area contributed by atoms with Gasteiger partial charge >= 0.3 is 0 Å². The summed E-state index contributed by atoms with van der Waals surface area (Å²) in [4.78, 5) is 18.9. The highest BCUT2D eigenvalue weighted by Gasteiger charge is 2.30. The summed E-state index contributed by atoms with van der Waals surface area (Å²) in [5.74, 6) is 0.486. The lowest BCUT2D eigenvalue weighted by Gasteiger charge is -2.36. The molecule has 2 rings (SSSR count). The molecule has 164 valence electrons. The van der Waals surface area contributed by atoms with Crippen LogP contribution in [-0.4, -0.2) is 80.5 Å². The third kappa shape index (κ3) is 6.43. The maximum atomic E-state index is 12.6. The van der Waals surface area contributed by atoms with Crippen LogP contribution in [0.5, 0.6) is 0 Å². The van der Waals surface area contributed by atoms with E-state index >= 15 is 0 Å². The van der Waals surface area contributed by atoms with Gasteiger partial charge in [0.15, 0.2) is 5.96 Å². The molecule has 0 atom stereocenters. The van der Waals surface area contributed by atoms with E-state index < -0.39 is 15.4 Å². The van der Waals surface area contributed by atoms with Crippen LogP contribution in [0.4, 0.5) is 0 Å². The number of nitrogens with zero attached hydrogens (tertiary/aromatic N) is 4. The number of amides is 1. The number of sulfonamides is 1. The zero-order chi connectivity index (χ0) is 21.5. The van der Waals surface area contributed by atoms with Crippen LogP contribution in [0.2, 0.25) is 0 Å². The first kappa shape index (κ1) is 23.1. The topological polar surface area (TPSA) is 120 Å². The molecule has 0 radical (unpaired) electrons. The highest BCUT2D eigenvalue weighted by Crippen LogP contribution is 2.17. The van der Waals surface area contributed by atoms with E-state index in [1.54, 1.807) is 6.07 Å². The summed E-state index contributed by atoms with van der Waals surface area (Å²) in [6.45, 7) is 11.0. The molecule has 1 fully saturated rings. The Morgan fingerprint density at radius 1 is 1.21 bits per heavy atom. The maximum Gasteiger partial charge on any atom is 0.227 e. The summed E-state index contributed by atoms with van der Waals surface area (Å²) < 4.78 is 31.4. The second-order valence-electron chi connectivity index (χ2n) is 7.55. The van der Waals surface area contributed by atoms with Crippen molar-refractivity contribution in [2.45, 2.75) is 33.4 Å². The number of guanidine groups is 1. The second-order valence-corrected chi connectivity index (χ2v) is 9.52. The molecule has 2 N–H and O–H groups in total. The minimum atomic E-state index is -3.45. The van der Waals surface area contributed by atoms with Crippen molar-refractivity contribution in [3.8, 4) is 0 Å². The lowest BCUT2D eigenvalue weighted by Crippen LogP contribution is -2.54. The fourth-order valence-electron chi connectivity index (χ4n) is 2.94. The predicted octanol–water partition coefficient (Wildman–Crippen LogP) is 0.250. The van der Waals surface area contributed by atoms with Crippen LogP contribution in [0.1, 0.15) is 33.4 Å². The number of rotatable bonds is 8. The van der Waals surface area contributed by atoms with Crippen LogP contribution in [0.15, 0.2) is 21.8 Å². The number of carbonyl (C=O) groups excluding carboxylic acids is 1. The van der Waals surface area contributed by atoms with Crippen LogP contribution in [0.25, 0.3) is 0 Å². The molecule has 0 spiro atoms. The molecular formula is C18H32N6O4S. The largest absolute Gasteiger partial charge is 0.364 e. The lowest BCUT2D eigenvalue weighted by molar-refractivity contribution is -0.128. The minimum Gasteiger partial charge on any atom is -0.364 e. The molecule has 0 bridgehead atoms. The van der Waals surface area contributed by atoms with Crippen molar-refractivity contribution in [3.05, 3.63) is 18.0 Å². The van der Waals surface area contributed by atoms with Crippen molar-refractivity contribution in [1.82, 2.24) is 25.0 Å². The van der Waals surface area contributed by atoms with Gasteiger partial charge in [0.2, 0.25) is 15.9 Å². The summed E-state index contributed by atoms with van der Waals surface area (Å²) in [6.07, 6.45) is 1.37. The van der Waals surface area contributed by atoms with Gasteiger partial charge in [0.25, 0.3) is 0 Å². The molecule has 1 aliphatic rings. The van der Waals surface area contributed by atoms with Gasteiger partial charge in [0.1, 0.15) is 12.0 Å². The van der Waals surface area contributed by atoms with Gasteiger partial charge in [-0.1, -0.05) is 5.16 Å². The van der Waals surface area contributed by atoms with Crippen molar-refractivity contribution in [1.29, 1.82) is 0 Å². The van der Waals surface area contributed by atoms with E-state index in [1.165, 1.54) is 10.6 Å². The van der Waals surface area contributed by atoms with Crippen LogP contribution < -0.4 is 10.6 Å². The lowest BCUT2D eigenvalue weighted by atomic mass is 9.92. The molecule has 0 unspecified atom stereocenters. The number of hydrogen-bond donors (Lipinski definition) is 2. The van der Waals surface area contributed by atoms with Gasteiger partial charge in [0, 0.05) is 45.3 Å². The Balaban J connectivity index is 1.99. The van der Waals surface area contributed by atoms with Crippen molar-refractivity contribution < 1.29 is 17.7 Å². The molecule has 1 aromatic rings. The SMILES string of the molecule is CCNC(=O)C(C)(C)CN=C(NCC)N1CCN(S(=O)(=O)Cc2ccon2)CC1. The Labute approximate surface area is 172 Å². The molecule has 1 aromatic heterocycles. The number of nitrogens with one attached hydrogen (secondary N) is 2. The van der Waals surface area contributed by atoms with E-state index in [2.05, 4.69) is 20.8 Å². The van der Waals surface area contributed by atoms with E-state index in [4.69, 9.17) is 4.52 Å². The normalized spacial score (nSPS) is 16.7. The highest BCUT2D eigenvalue weighted by atomic mass is 32.2. The molecule has 29 heavy (non-hydrogen) atoms. The molecule has 1 amide bonds. The van der Waals surface area contributed by atoms with E-state index in [9.17, 15) is 13.2 Å². The highest BCUT2D eigenvalue weighted by molar-refractivity contribution is 7.88. The van der Waals surface area contributed by atoms with Gasteiger partial charge in [-0.25, -0.2) is 8.42 Å².